The Morgan fingerprint density at radius 2 is 2.36 bits per heavy atom. The third kappa shape index (κ3) is 2.91. The third-order valence-corrected chi connectivity index (χ3v) is 4.17. The standard InChI is InChI=1S/C17H17N5O3/c1-24-12-2-3-13-15(6-12)22-11(9-25-10-16(22)21-13)7-20-17(23)14-8-18-4-5-19-14/h2-6,8,11H,7,9-10H2,1H3,(H,20,23). The molecule has 3 aromatic rings. The van der Waals surface area contributed by atoms with Crippen LogP contribution >= 0.6 is 0 Å². The first-order valence-electron chi connectivity index (χ1n) is 7.93. The maximum absolute atomic E-state index is 12.2. The van der Waals surface area contributed by atoms with Crippen molar-refractivity contribution in [2.45, 2.75) is 12.6 Å². The minimum atomic E-state index is -0.262. The summed E-state index contributed by atoms with van der Waals surface area (Å²) in [5.41, 5.74) is 2.14. The number of methoxy groups -OCH3 is 1. The Morgan fingerprint density at radius 3 is 3.16 bits per heavy atom. The summed E-state index contributed by atoms with van der Waals surface area (Å²) in [4.78, 5) is 24.7. The molecular weight excluding hydrogens is 322 g/mol. The molecule has 1 amide bonds. The average molecular weight is 339 g/mol. The zero-order valence-electron chi connectivity index (χ0n) is 13.7. The van der Waals surface area contributed by atoms with E-state index in [-0.39, 0.29) is 17.6 Å². The van der Waals surface area contributed by atoms with E-state index < -0.39 is 0 Å². The van der Waals surface area contributed by atoms with Gasteiger partial charge in [0.05, 0.1) is 37.0 Å². The normalized spacial score (nSPS) is 16.4. The van der Waals surface area contributed by atoms with Gasteiger partial charge in [-0.05, 0) is 12.1 Å². The van der Waals surface area contributed by atoms with E-state index in [0.717, 1.165) is 22.6 Å². The number of nitrogens with one attached hydrogen (secondary N) is 1. The molecule has 1 aliphatic heterocycles. The summed E-state index contributed by atoms with van der Waals surface area (Å²) in [6, 6.07) is 5.71. The predicted molar refractivity (Wildman–Crippen MR) is 89.3 cm³/mol. The van der Waals surface area contributed by atoms with E-state index in [1.807, 2.05) is 18.2 Å². The molecule has 1 unspecified atom stereocenters. The Balaban J connectivity index is 1.59. The highest BCUT2D eigenvalue weighted by atomic mass is 16.5. The second kappa shape index (κ2) is 6.48. The molecule has 0 aliphatic carbocycles. The molecule has 0 bridgehead atoms. The zero-order valence-corrected chi connectivity index (χ0v) is 13.7. The van der Waals surface area contributed by atoms with Gasteiger partial charge < -0.3 is 19.4 Å². The number of benzene rings is 1. The van der Waals surface area contributed by atoms with Crippen LogP contribution in [0.1, 0.15) is 22.4 Å². The highest BCUT2D eigenvalue weighted by Crippen LogP contribution is 2.28. The summed E-state index contributed by atoms with van der Waals surface area (Å²) >= 11 is 0. The Morgan fingerprint density at radius 1 is 1.44 bits per heavy atom. The molecule has 3 heterocycles. The van der Waals surface area contributed by atoms with Crippen LogP contribution in [0.5, 0.6) is 5.75 Å². The summed E-state index contributed by atoms with van der Waals surface area (Å²) in [6.45, 7) is 1.35. The van der Waals surface area contributed by atoms with Gasteiger partial charge in [0.25, 0.3) is 5.91 Å². The van der Waals surface area contributed by atoms with Gasteiger partial charge in [0.1, 0.15) is 23.9 Å². The van der Waals surface area contributed by atoms with E-state index in [1.165, 1.54) is 18.6 Å². The predicted octanol–water partition coefficient (Wildman–Crippen LogP) is 1.34. The molecule has 2 aromatic heterocycles. The highest BCUT2D eigenvalue weighted by molar-refractivity contribution is 5.91. The fraction of sp³-hybridized carbons (Fsp3) is 0.294. The molecular formula is C17H17N5O3. The molecule has 0 fully saturated rings. The van der Waals surface area contributed by atoms with Gasteiger partial charge in [0.15, 0.2) is 0 Å². The monoisotopic (exact) mass is 339 g/mol. The number of carbonyl (C=O) groups is 1. The SMILES string of the molecule is COc1ccc2nc3n(c2c1)C(CNC(=O)c1cnccn1)COC3. The number of hydrogen-bond donors (Lipinski definition) is 1. The number of amides is 1. The Hall–Kier alpha value is -3.00. The Labute approximate surface area is 143 Å². The van der Waals surface area contributed by atoms with Crippen molar-refractivity contribution in [3.63, 3.8) is 0 Å². The van der Waals surface area contributed by atoms with E-state index in [2.05, 4.69) is 24.8 Å². The maximum atomic E-state index is 12.2. The van der Waals surface area contributed by atoms with Gasteiger partial charge in [0.2, 0.25) is 0 Å². The molecule has 1 aliphatic rings. The van der Waals surface area contributed by atoms with Crippen molar-refractivity contribution >= 4 is 16.9 Å². The number of hydrogen-bond acceptors (Lipinski definition) is 6. The van der Waals surface area contributed by atoms with Crippen molar-refractivity contribution in [3.05, 3.63) is 48.3 Å². The number of nitrogens with zero attached hydrogens (tertiary/aromatic N) is 4. The molecule has 4 rings (SSSR count). The quantitative estimate of drug-likeness (QED) is 0.771. The minimum absolute atomic E-state index is 0.0542. The lowest BCUT2D eigenvalue weighted by Crippen LogP contribution is -2.36. The number of carbonyl (C=O) groups excluding carboxylic acids is 1. The molecule has 0 saturated heterocycles. The van der Waals surface area contributed by atoms with Crippen molar-refractivity contribution < 1.29 is 14.3 Å². The smallest absolute Gasteiger partial charge is 0.271 e. The lowest BCUT2D eigenvalue weighted by atomic mass is 10.2. The molecule has 0 saturated carbocycles. The van der Waals surface area contributed by atoms with Gasteiger partial charge in [-0.1, -0.05) is 0 Å². The fourth-order valence-corrected chi connectivity index (χ4v) is 2.99. The van der Waals surface area contributed by atoms with E-state index in [4.69, 9.17) is 9.47 Å². The lowest BCUT2D eigenvalue weighted by Gasteiger charge is -2.26. The van der Waals surface area contributed by atoms with Crippen molar-refractivity contribution in [1.29, 1.82) is 0 Å². The molecule has 1 atom stereocenters. The molecule has 0 radical (unpaired) electrons. The van der Waals surface area contributed by atoms with Crippen molar-refractivity contribution in [2.75, 3.05) is 20.3 Å². The molecule has 1 aromatic carbocycles. The molecule has 128 valence electrons. The zero-order chi connectivity index (χ0) is 17.2. The minimum Gasteiger partial charge on any atom is -0.497 e. The first-order valence-corrected chi connectivity index (χ1v) is 7.93. The molecule has 25 heavy (non-hydrogen) atoms. The van der Waals surface area contributed by atoms with Gasteiger partial charge in [-0.15, -0.1) is 0 Å². The summed E-state index contributed by atoms with van der Waals surface area (Å²) in [5, 5.41) is 2.89. The third-order valence-electron chi connectivity index (χ3n) is 4.17. The van der Waals surface area contributed by atoms with Gasteiger partial charge >= 0.3 is 0 Å². The van der Waals surface area contributed by atoms with Crippen molar-refractivity contribution in [3.8, 4) is 5.75 Å². The van der Waals surface area contributed by atoms with E-state index in [0.29, 0.717) is 19.8 Å². The molecule has 8 nitrogen and oxygen atoms in total. The van der Waals surface area contributed by atoms with Crippen LogP contribution in [0.3, 0.4) is 0 Å². The van der Waals surface area contributed by atoms with Crippen LogP contribution in [0.25, 0.3) is 11.0 Å². The number of rotatable bonds is 4. The van der Waals surface area contributed by atoms with Gasteiger partial charge in [0, 0.05) is 25.0 Å². The second-order valence-corrected chi connectivity index (χ2v) is 5.72. The molecule has 1 N–H and O–H groups in total. The van der Waals surface area contributed by atoms with Crippen LogP contribution in [0.2, 0.25) is 0 Å². The van der Waals surface area contributed by atoms with Crippen LogP contribution in [0.15, 0.2) is 36.8 Å². The summed E-state index contributed by atoms with van der Waals surface area (Å²) in [7, 11) is 1.64. The van der Waals surface area contributed by atoms with Crippen LogP contribution in [-0.4, -0.2) is 45.7 Å². The fourth-order valence-electron chi connectivity index (χ4n) is 2.99. The van der Waals surface area contributed by atoms with E-state index in [9.17, 15) is 4.79 Å². The molecule has 8 heteroatoms. The number of fused-ring (bicyclic) bond motifs is 3. The average Bonchev–Trinajstić information content (AvgIpc) is 3.05. The highest BCUT2D eigenvalue weighted by Gasteiger charge is 2.25. The Bertz CT molecular complexity index is 909. The first-order chi connectivity index (χ1) is 12.3. The number of aromatic nitrogens is 4. The Kier molecular flexibility index (Phi) is 4.02. The van der Waals surface area contributed by atoms with Crippen LogP contribution in [-0.2, 0) is 11.3 Å². The summed E-state index contributed by atoms with van der Waals surface area (Å²) in [5.74, 6) is 1.35. The summed E-state index contributed by atoms with van der Waals surface area (Å²) < 4.78 is 13.1. The van der Waals surface area contributed by atoms with Crippen molar-refractivity contribution in [1.82, 2.24) is 24.8 Å². The van der Waals surface area contributed by atoms with Gasteiger partial charge in [-0.3, -0.25) is 9.78 Å². The molecule has 0 spiro atoms. The van der Waals surface area contributed by atoms with Crippen LogP contribution in [0.4, 0.5) is 0 Å². The van der Waals surface area contributed by atoms with Crippen molar-refractivity contribution in [2.24, 2.45) is 0 Å². The van der Waals surface area contributed by atoms with Crippen LogP contribution in [0, 0.1) is 0 Å². The lowest BCUT2D eigenvalue weighted by molar-refractivity contribution is 0.0552. The topological polar surface area (TPSA) is 91.2 Å². The maximum Gasteiger partial charge on any atom is 0.271 e. The second-order valence-electron chi connectivity index (χ2n) is 5.72. The summed E-state index contributed by atoms with van der Waals surface area (Å²) in [6.07, 6.45) is 4.46. The number of imidazole rings is 1. The van der Waals surface area contributed by atoms with Gasteiger partial charge in [-0.25, -0.2) is 9.97 Å². The van der Waals surface area contributed by atoms with E-state index in [1.54, 1.807) is 7.11 Å². The van der Waals surface area contributed by atoms with E-state index >= 15 is 0 Å². The first kappa shape index (κ1) is 15.5. The van der Waals surface area contributed by atoms with Crippen LogP contribution < -0.4 is 10.1 Å². The van der Waals surface area contributed by atoms with Gasteiger partial charge in [-0.2, -0.15) is 0 Å². The number of ether oxygens (including phenoxy) is 2. The largest absolute Gasteiger partial charge is 0.497 e.